The molecule has 5 heteroatoms. The zero-order valence-electron chi connectivity index (χ0n) is 14.0. The molecule has 3 N–H and O–H groups in total. The summed E-state index contributed by atoms with van der Waals surface area (Å²) < 4.78 is 2.00. The van der Waals surface area contributed by atoms with Gasteiger partial charge in [-0.3, -0.25) is 9.59 Å². The third-order valence-corrected chi connectivity index (χ3v) is 4.16. The molecule has 0 fully saturated rings. The molecule has 0 saturated heterocycles. The summed E-state index contributed by atoms with van der Waals surface area (Å²) in [5.41, 5.74) is 9.47. The smallest absolute Gasteiger partial charge is 0.250 e. The Kier molecular flexibility index (Phi) is 4.39. The number of nitrogens with zero attached hydrogens (tertiary/aromatic N) is 1. The minimum absolute atomic E-state index is 0.261. The largest absolute Gasteiger partial charge is 0.366 e. The molecule has 5 nitrogen and oxygen atoms in total. The van der Waals surface area contributed by atoms with Crippen LogP contribution in [0.4, 0.5) is 5.69 Å². The number of nitrogens with one attached hydrogen (secondary N) is 1. The molecular formula is C20H19N3O2. The van der Waals surface area contributed by atoms with Crippen molar-refractivity contribution in [3.8, 4) is 11.1 Å². The number of hydrogen-bond donors (Lipinski definition) is 2. The van der Waals surface area contributed by atoms with Crippen molar-refractivity contribution in [3.63, 3.8) is 0 Å². The number of primary amides is 1. The monoisotopic (exact) mass is 333 g/mol. The lowest BCUT2D eigenvalue weighted by Gasteiger charge is -2.11. The zero-order valence-corrected chi connectivity index (χ0v) is 14.0. The number of benzene rings is 2. The van der Waals surface area contributed by atoms with E-state index in [1.54, 1.807) is 6.07 Å². The van der Waals surface area contributed by atoms with Crippen molar-refractivity contribution in [1.29, 1.82) is 0 Å². The predicted octanol–water partition coefficient (Wildman–Crippen LogP) is 3.55. The Balaban J connectivity index is 2.17. The van der Waals surface area contributed by atoms with Crippen molar-refractivity contribution >= 4 is 28.4 Å². The van der Waals surface area contributed by atoms with Crippen LogP contribution in [0.1, 0.15) is 17.3 Å². The van der Waals surface area contributed by atoms with Crippen LogP contribution in [0.3, 0.4) is 0 Å². The van der Waals surface area contributed by atoms with E-state index in [0.29, 0.717) is 11.3 Å². The minimum atomic E-state index is -0.447. The number of aryl methyl sites for hydroxylation is 1. The maximum Gasteiger partial charge on any atom is 0.250 e. The summed E-state index contributed by atoms with van der Waals surface area (Å²) in [5, 5.41) is 3.71. The van der Waals surface area contributed by atoms with E-state index in [9.17, 15) is 9.59 Å². The van der Waals surface area contributed by atoms with Crippen LogP contribution >= 0.6 is 0 Å². The zero-order chi connectivity index (χ0) is 18.0. The first-order valence-corrected chi connectivity index (χ1v) is 8.00. The van der Waals surface area contributed by atoms with E-state index in [4.69, 9.17) is 5.73 Å². The van der Waals surface area contributed by atoms with Crippen LogP contribution < -0.4 is 11.1 Å². The normalized spacial score (nSPS) is 10.6. The van der Waals surface area contributed by atoms with Gasteiger partial charge in [-0.2, -0.15) is 0 Å². The van der Waals surface area contributed by atoms with E-state index in [-0.39, 0.29) is 5.91 Å². The second kappa shape index (κ2) is 6.65. The van der Waals surface area contributed by atoms with E-state index in [2.05, 4.69) is 11.9 Å². The second-order valence-electron chi connectivity index (χ2n) is 5.66. The summed E-state index contributed by atoms with van der Waals surface area (Å²) in [4.78, 5) is 23.3. The number of rotatable bonds is 5. The SMILES string of the molecule is C=CC(=O)Nc1cccc(-c2ccc(C(N)=O)c3c2ccn3CC)c1. The first kappa shape index (κ1) is 16.5. The van der Waals surface area contributed by atoms with E-state index in [1.165, 1.54) is 6.08 Å². The van der Waals surface area contributed by atoms with Gasteiger partial charge in [0.05, 0.1) is 11.1 Å². The molecule has 0 aliphatic heterocycles. The van der Waals surface area contributed by atoms with Gasteiger partial charge in [0.15, 0.2) is 0 Å². The molecule has 2 aromatic carbocycles. The molecule has 0 saturated carbocycles. The van der Waals surface area contributed by atoms with Crippen molar-refractivity contribution in [1.82, 2.24) is 4.57 Å². The van der Waals surface area contributed by atoms with E-state index >= 15 is 0 Å². The Morgan fingerprint density at radius 1 is 1.24 bits per heavy atom. The predicted molar refractivity (Wildman–Crippen MR) is 100 cm³/mol. The molecule has 1 heterocycles. The number of aromatic nitrogens is 1. The van der Waals surface area contributed by atoms with Gasteiger partial charge in [0.1, 0.15) is 0 Å². The summed E-state index contributed by atoms with van der Waals surface area (Å²) in [6.07, 6.45) is 3.18. The van der Waals surface area contributed by atoms with Crippen LogP contribution in [0.25, 0.3) is 22.0 Å². The molecule has 0 unspecified atom stereocenters. The number of carbonyl (C=O) groups is 2. The van der Waals surface area contributed by atoms with Crippen LogP contribution in [-0.4, -0.2) is 16.4 Å². The van der Waals surface area contributed by atoms with Gasteiger partial charge in [0, 0.05) is 23.8 Å². The molecule has 2 amide bonds. The first-order chi connectivity index (χ1) is 12.0. The summed E-state index contributed by atoms with van der Waals surface area (Å²) in [6, 6.07) is 13.2. The van der Waals surface area contributed by atoms with Gasteiger partial charge in [-0.25, -0.2) is 0 Å². The maximum atomic E-state index is 11.8. The molecule has 0 bridgehead atoms. The highest BCUT2D eigenvalue weighted by Gasteiger charge is 2.15. The molecule has 25 heavy (non-hydrogen) atoms. The summed E-state index contributed by atoms with van der Waals surface area (Å²) >= 11 is 0. The highest BCUT2D eigenvalue weighted by Crippen LogP contribution is 2.33. The fourth-order valence-electron chi connectivity index (χ4n) is 3.00. The Bertz CT molecular complexity index is 986. The van der Waals surface area contributed by atoms with E-state index < -0.39 is 5.91 Å². The number of amides is 2. The van der Waals surface area contributed by atoms with Crippen molar-refractivity contribution in [3.05, 3.63) is 66.9 Å². The fraction of sp³-hybridized carbons (Fsp3) is 0.100. The number of nitrogens with two attached hydrogens (primary N) is 1. The molecule has 0 aliphatic rings. The quantitative estimate of drug-likeness (QED) is 0.701. The topological polar surface area (TPSA) is 77.1 Å². The molecule has 0 radical (unpaired) electrons. The minimum Gasteiger partial charge on any atom is -0.366 e. The summed E-state index contributed by atoms with van der Waals surface area (Å²) in [6.45, 7) is 6.21. The first-order valence-electron chi connectivity index (χ1n) is 8.00. The van der Waals surface area contributed by atoms with Crippen LogP contribution in [0.5, 0.6) is 0 Å². The van der Waals surface area contributed by atoms with Gasteiger partial charge in [-0.1, -0.05) is 24.8 Å². The fourth-order valence-corrected chi connectivity index (χ4v) is 3.00. The molecular weight excluding hydrogens is 314 g/mol. The van der Waals surface area contributed by atoms with Gasteiger partial charge in [-0.15, -0.1) is 0 Å². The Morgan fingerprint density at radius 2 is 2.04 bits per heavy atom. The van der Waals surface area contributed by atoms with Crippen molar-refractivity contribution in [2.45, 2.75) is 13.5 Å². The molecule has 0 spiro atoms. The lowest BCUT2D eigenvalue weighted by atomic mass is 9.98. The van der Waals surface area contributed by atoms with Crippen LogP contribution in [-0.2, 0) is 11.3 Å². The van der Waals surface area contributed by atoms with Crippen molar-refractivity contribution in [2.24, 2.45) is 5.73 Å². The van der Waals surface area contributed by atoms with E-state index in [0.717, 1.165) is 28.6 Å². The number of hydrogen-bond acceptors (Lipinski definition) is 2. The maximum absolute atomic E-state index is 11.8. The van der Waals surface area contributed by atoms with Gasteiger partial charge in [0.25, 0.3) is 5.91 Å². The molecule has 1 aromatic heterocycles. The van der Waals surface area contributed by atoms with Gasteiger partial charge >= 0.3 is 0 Å². The van der Waals surface area contributed by atoms with Crippen LogP contribution in [0.2, 0.25) is 0 Å². The Labute approximate surface area is 145 Å². The van der Waals surface area contributed by atoms with Gasteiger partial charge in [-0.05, 0) is 48.4 Å². The molecule has 0 atom stereocenters. The standard InChI is InChI=1S/C20H19N3O2/c1-3-18(24)22-14-7-5-6-13(12-14)15-8-9-17(20(21)25)19-16(15)10-11-23(19)4-2/h3,5-12H,1,4H2,2H3,(H2,21,25)(H,22,24). The summed E-state index contributed by atoms with van der Waals surface area (Å²) in [7, 11) is 0. The van der Waals surface area contributed by atoms with Gasteiger partial charge in [0.2, 0.25) is 5.91 Å². The Hall–Kier alpha value is -3.34. The number of carbonyl (C=O) groups excluding carboxylic acids is 2. The number of anilines is 1. The lowest BCUT2D eigenvalue weighted by molar-refractivity contribution is -0.111. The van der Waals surface area contributed by atoms with Crippen molar-refractivity contribution in [2.75, 3.05) is 5.32 Å². The lowest BCUT2D eigenvalue weighted by Crippen LogP contribution is -2.13. The Morgan fingerprint density at radius 3 is 2.72 bits per heavy atom. The highest BCUT2D eigenvalue weighted by molar-refractivity contribution is 6.09. The molecule has 3 aromatic rings. The number of fused-ring (bicyclic) bond motifs is 1. The average Bonchev–Trinajstić information content (AvgIpc) is 3.05. The second-order valence-corrected chi connectivity index (χ2v) is 5.66. The molecule has 126 valence electrons. The van der Waals surface area contributed by atoms with Crippen LogP contribution in [0, 0.1) is 0 Å². The molecule has 0 aliphatic carbocycles. The third-order valence-electron chi connectivity index (χ3n) is 4.16. The third kappa shape index (κ3) is 3.04. The van der Waals surface area contributed by atoms with E-state index in [1.807, 2.05) is 54.1 Å². The summed E-state index contributed by atoms with van der Waals surface area (Å²) in [5.74, 6) is -0.708. The van der Waals surface area contributed by atoms with Gasteiger partial charge < -0.3 is 15.6 Å². The average molecular weight is 333 g/mol. The highest BCUT2D eigenvalue weighted by atomic mass is 16.1. The molecule has 3 rings (SSSR count). The van der Waals surface area contributed by atoms with Crippen LogP contribution in [0.15, 0.2) is 61.3 Å². The van der Waals surface area contributed by atoms with Crippen molar-refractivity contribution < 1.29 is 9.59 Å².